The fourth-order valence-electron chi connectivity index (χ4n) is 3.88. The second-order valence-electron chi connectivity index (χ2n) is 9.04. The fourth-order valence-corrected chi connectivity index (χ4v) is 4.17. The van der Waals surface area contributed by atoms with Crippen LogP contribution in [0.25, 0.3) is 16.9 Å². The van der Waals surface area contributed by atoms with Crippen LogP contribution in [0.4, 0.5) is 16.3 Å². The summed E-state index contributed by atoms with van der Waals surface area (Å²) < 4.78 is 1.59. The molecule has 1 aromatic heterocycles. The maximum Gasteiger partial charge on any atom is 0.322 e. The molecule has 0 aliphatic carbocycles. The van der Waals surface area contributed by atoms with E-state index in [0.29, 0.717) is 32.9 Å². The molecule has 1 heterocycles. The third-order valence-corrected chi connectivity index (χ3v) is 6.74. The largest absolute Gasteiger partial charge is 0.322 e. The average molecular weight is 550 g/mol. The molecule has 0 unspecified atom stereocenters. The van der Waals surface area contributed by atoms with Crippen molar-refractivity contribution in [2.75, 3.05) is 17.2 Å². The highest BCUT2D eigenvalue weighted by atomic mass is 35.5. The van der Waals surface area contributed by atoms with E-state index in [1.165, 1.54) is 10.5 Å². The minimum atomic E-state index is -0.365. The number of halogens is 2. The molecule has 0 saturated heterocycles. The highest BCUT2D eigenvalue weighted by Gasteiger charge is 2.22. The Kier molecular flexibility index (Phi) is 8.71. The number of aryl methyl sites for hydroxylation is 1. The van der Waals surface area contributed by atoms with Crippen molar-refractivity contribution in [2.45, 2.75) is 33.2 Å². The number of anilines is 2. The summed E-state index contributed by atoms with van der Waals surface area (Å²) >= 11 is 12.4. The average Bonchev–Trinajstić information content (AvgIpc) is 3.33. The molecule has 4 aromatic rings. The van der Waals surface area contributed by atoms with Crippen molar-refractivity contribution in [2.24, 2.45) is 0 Å². The first-order chi connectivity index (χ1) is 18.2. The van der Waals surface area contributed by atoms with E-state index >= 15 is 0 Å². The molecule has 0 aliphatic rings. The Hall–Kier alpha value is -3.81. The molecule has 3 amide bonds. The normalized spacial score (nSPS) is 10.9. The zero-order valence-corrected chi connectivity index (χ0v) is 22.9. The summed E-state index contributed by atoms with van der Waals surface area (Å²) in [6.07, 6.45) is 0.914. The monoisotopic (exact) mass is 549 g/mol. The third kappa shape index (κ3) is 6.54. The molecule has 0 bridgehead atoms. The lowest BCUT2D eigenvalue weighted by Gasteiger charge is -2.26. The topological polar surface area (TPSA) is 79.3 Å². The molecule has 4 rings (SSSR count). The van der Waals surface area contributed by atoms with Crippen LogP contribution in [0.3, 0.4) is 0 Å². The second-order valence-corrected chi connectivity index (χ2v) is 9.86. The number of nitrogens with zero attached hydrogens (tertiary/aromatic N) is 3. The van der Waals surface area contributed by atoms with Gasteiger partial charge in [0.25, 0.3) is 0 Å². The molecule has 7 nitrogen and oxygen atoms in total. The van der Waals surface area contributed by atoms with Crippen LogP contribution in [0.15, 0.2) is 78.9 Å². The van der Waals surface area contributed by atoms with Crippen LogP contribution in [0.5, 0.6) is 0 Å². The number of urea groups is 1. The number of hydrogen-bond acceptors (Lipinski definition) is 3. The standard InChI is InChI=1S/C29H29Cl2N5O2/c1-4-20-10-12-22(13-11-20)32-29(38)35(19(2)3)18-28(37)33-27-17-26(21-8-6-5-7-9-21)34-36(27)23-14-15-24(30)25(31)16-23/h5-17,19H,4,18H2,1-3H3,(H,32,38)(H,33,37). The van der Waals surface area contributed by atoms with Crippen LogP contribution in [0.1, 0.15) is 26.3 Å². The zero-order valence-electron chi connectivity index (χ0n) is 21.4. The smallest absolute Gasteiger partial charge is 0.313 e. The van der Waals surface area contributed by atoms with Gasteiger partial charge in [0.1, 0.15) is 12.4 Å². The van der Waals surface area contributed by atoms with Gasteiger partial charge >= 0.3 is 6.03 Å². The fraction of sp³-hybridized carbons (Fsp3) is 0.207. The zero-order chi connectivity index (χ0) is 27.2. The molecule has 2 N–H and O–H groups in total. The summed E-state index contributed by atoms with van der Waals surface area (Å²) in [5, 5.41) is 11.3. The predicted octanol–water partition coefficient (Wildman–Crippen LogP) is 7.29. The van der Waals surface area contributed by atoms with Crippen LogP contribution in [0, 0.1) is 0 Å². The first-order valence-corrected chi connectivity index (χ1v) is 13.1. The van der Waals surface area contributed by atoms with Gasteiger partial charge in [-0.2, -0.15) is 5.10 Å². The highest BCUT2D eigenvalue weighted by Crippen LogP contribution is 2.29. The van der Waals surface area contributed by atoms with Gasteiger partial charge in [0, 0.05) is 23.4 Å². The number of aromatic nitrogens is 2. The van der Waals surface area contributed by atoms with Gasteiger partial charge in [0.05, 0.1) is 21.4 Å². The molecule has 0 spiro atoms. The molecule has 0 atom stereocenters. The summed E-state index contributed by atoms with van der Waals surface area (Å²) in [5.41, 5.74) is 4.03. The molecule has 38 heavy (non-hydrogen) atoms. The van der Waals surface area contributed by atoms with Crippen molar-refractivity contribution in [1.82, 2.24) is 14.7 Å². The van der Waals surface area contributed by atoms with Gasteiger partial charge in [-0.05, 0) is 56.2 Å². The van der Waals surface area contributed by atoms with E-state index in [1.54, 1.807) is 28.9 Å². The molecule has 0 radical (unpaired) electrons. The molecule has 9 heteroatoms. The number of nitrogens with one attached hydrogen (secondary N) is 2. The third-order valence-electron chi connectivity index (χ3n) is 6.01. The Morgan fingerprint density at radius 2 is 1.63 bits per heavy atom. The van der Waals surface area contributed by atoms with E-state index in [0.717, 1.165) is 12.0 Å². The van der Waals surface area contributed by atoms with Crippen LogP contribution in [0.2, 0.25) is 10.0 Å². The molecule has 0 fully saturated rings. The highest BCUT2D eigenvalue weighted by molar-refractivity contribution is 6.42. The number of carbonyl (C=O) groups is 2. The van der Waals surface area contributed by atoms with E-state index in [-0.39, 0.29) is 24.5 Å². The number of rotatable bonds is 8. The molecule has 0 aliphatic heterocycles. The molecular weight excluding hydrogens is 521 g/mol. The Morgan fingerprint density at radius 1 is 0.921 bits per heavy atom. The lowest BCUT2D eigenvalue weighted by atomic mass is 10.1. The first-order valence-electron chi connectivity index (χ1n) is 12.3. The summed E-state index contributed by atoms with van der Waals surface area (Å²) in [6.45, 7) is 5.65. The maximum absolute atomic E-state index is 13.2. The van der Waals surface area contributed by atoms with Crippen LogP contribution >= 0.6 is 23.2 Å². The SMILES string of the molecule is CCc1ccc(NC(=O)N(CC(=O)Nc2cc(-c3ccccc3)nn2-c2ccc(Cl)c(Cl)c2)C(C)C)cc1. The minimum absolute atomic E-state index is 0.149. The summed E-state index contributed by atoms with van der Waals surface area (Å²) in [5.74, 6) is 0.0718. The molecule has 3 aromatic carbocycles. The number of hydrogen-bond donors (Lipinski definition) is 2. The van der Waals surface area contributed by atoms with Gasteiger partial charge in [-0.1, -0.05) is 72.6 Å². The molecule has 196 valence electrons. The van der Waals surface area contributed by atoms with Crippen molar-refractivity contribution < 1.29 is 9.59 Å². The first kappa shape index (κ1) is 27.2. The van der Waals surface area contributed by atoms with E-state index < -0.39 is 0 Å². The predicted molar refractivity (Wildman–Crippen MR) is 154 cm³/mol. The van der Waals surface area contributed by atoms with Crippen LogP contribution in [-0.2, 0) is 11.2 Å². The number of amides is 3. The van der Waals surface area contributed by atoms with Crippen molar-refractivity contribution >= 4 is 46.6 Å². The summed E-state index contributed by atoms with van der Waals surface area (Å²) in [7, 11) is 0. The van der Waals surface area contributed by atoms with Crippen LogP contribution < -0.4 is 10.6 Å². The lowest BCUT2D eigenvalue weighted by Crippen LogP contribution is -2.44. The Bertz CT molecular complexity index is 1420. The quantitative estimate of drug-likeness (QED) is 0.242. The molecular formula is C29H29Cl2N5O2. The van der Waals surface area contributed by atoms with Gasteiger partial charge in [-0.25, -0.2) is 9.48 Å². The van der Waals surface area contributed by atoms with Crippen molar-refractivity contribution in [1.29, 1.82) is 0 Å². The van der Waals surface area contributed by atoms with Crippen molar-refractivity contribution in [3.8, 4) is 16.9 Å². The van der Waals surface area contributed by atoms with E-state index in [1.807, 2.05) is 68.4 Å². The van der Waals surface area contributed by atoms with Gasteiger partial charge in [0.2, 0.25) is 5.91 Å². The second kappa shape index (κ2) is 12.2. The minimum Gasteiger partial charge on any atom is -0.313 e. The molecule has 0 saturated carbocycles. The Morgan fingerprint density at radius 3 is 2.26 bits per heavy atom. The number of carbonyl (C=O) groups excluding carboxylic acids is 2. The van der Waals surface area contributed by atoms with Crippen molar-refractivity contribution in [3.05, 3.63) is 94.5 Å². The van der Waals surface area contributed by atoms with Gasteiger partial charge in [0.15, 0.2) is 0 Å². The van der Waals surface area contributed by atoms with E-state index in [4.69, 9.17) is 28.3 Å². The van der Waals surface area contributed by atoms with E-state index in [2.05, 4.69) is 17.6 Å². The maximum atomic E-state index is 13.2. The Balaban J connectivity index is 1.56. The van der Waals surface area contributed by atoms with E-state index in [9.17, 15) is 9.59 Å². The van der Waals surface area contributed by atoms with Crippen LogP contribution in [-0.4, -0.2) is 39.2 Å². The summed E-state index contributed by atoms with van der Waals surface area (Å²) in [4.78, 5) is 27.7. The van der Waals surface area contributed by atoms with Gasteiger partial charge < -0.3 is 15.5 Å². The number of benzene rings is 3. The summed E-state index contributed by atoms with van der Waals surface area (Å²) in [6, 6.07) is 23.6. The van der Waals surface area contributed by atoms with Crippen molar-refractivity contribution in [3.63, 3.8) is 0 Å². The Labute approximate surface area is 232 Å². The van der Waals surface area contributed by atoms with Gasteiger partial charge in [-0.15, -0.1) is 0 Å². The van der Waals surface area contributed by atoms with Gasteiger partial charge in [-0.3, -0.25) is 4.79 Å². The lowest BCUT2D eigenvalue weighted by molar-refractivity contribution is -0.117.